The molecule has 0 aliphatic rings. The SMILES string of the molecule is CCn1c(CSc2ccc(Cl)cc2)nc2ccccc21. The fraction of sp³-hybridized carbons (Fsp3) is 0.188. The normalized spacial score (nSPS) is 11.1. The van der Waals surface area contributed by atoms with Crippen LogP contribution in [0, 0.1) is 0 Å². The summed E-state index contributed by atoms with van der Waals surface area (Å²) < 4.78 is 2.28. The molecule has 0 saturated heterocycles. The fourth-order valence-corrected chi connectivity index (χ4v) is 3.24. The van der Waals surface area contributed by atoms with Gasteiger partial charge in [-0.3, -0.25) is 0 Å². The maximum atomic E-state index is 5.90. The molecule has 20 heavy (non-hydrogen) atoms. The van der Waals surface area contributed by atoms with E-state index in [1.54, 1.807) is 11.8 Å². The highest BCUT2D eigenvalue weighted by molar-refractivity contribution is 7.98. The van der Waals surface area contributed by atoms with Crippen LogP contribution in [0.4, 0.5) is 0 Å². The molecule has 0 N–H and O–H groups in total. The number of para-hydroxylation sites is 2. The number of rotatable bonds is 4. The second kappa shape index (κ2) is 5.90. The van der Waals surface area contributed by atoms with Crippen LogP contribution < -0.4 is 0 Å². The van der Waals surface area contributed by atoms with Crippen molar-refractivity contribution in [3.8, 4) is 0 Å². The van der Waals surface area contributed by atoms with E-state index in [4.69, 9.17) is 16.6 Å². The van der Waals surface area contributed by atoms with E-state index in [1.165, 1.54) is 10.4 Å². The number of aromatic nitrogens is 2. The molecule has 3 rings (SSSR count). The Balaban J connectivity index is 1.85. The van der Waals surface area contributed by atoms with Gasteiger partial charge in [-0.25, -0.2) is 4.98 Å². The van der Waals surface area contributed by atoms with Crippen LogP contribution in [-0.2, 0) is 12.3 Å². The third-order valence-corrected chi connectivity index (χ3v) is 4.49. The van der Waals surface area contributed by atoms with Gasteiger partial charge in [0, 0.05) is 16.5 Å². The minimum atomic E-state index is 0.773. The zero-order chi connectivity index (χ0) is 13.9. The highest BCUT2D eigenvalue weighted by Gasteiger charge is 2.09. The van der Waals surface area contributed by atoms with Gasteiger partial charge in [0.15, 0.2) is 0 Å². The Labute approximate surface area is 127 Å². The summed E-state index contributed by atoms with van der Waals surface area (Å²) in [5.41, 5.74) is 2.28. The van der Waals surface area contributed by atoms with Crippen LogP contribution in [0.3, 0.4) is 0 Å². The molecule has 0 spiro atoms. The highest BCUT2D eigenvalue weighted by atomic mass is 35.5. The predicted molar refractivity (Wildman–Crippen MR) is 86.4 cm³/mol. The monoisotopic (exact) mass is 302 g/mol. The van der Waals surface area contributed by atoms with E-state index in [-0.39, 0.29) is 0 Å². The van der Waals surface area contributed by atoms with Crippen molar-refractivity contribution in [1.82, 2.24) is 9.55 Å². The zero-order valence-corrected chi connectivity index (χ0v) is 12.8. The molecule has 1 heterocycles. The van der Waals surface area contributed by atoms with Crippen molar-refractivity contribution >= 4 is 34.4 Å². The third kappa shape index (κ3) is 2.69. The first-order chi connectivity index (χ1) is 9.78. The molecule has 0 aliphatic carbocycles. The van der Waals surface area contributed by atoms with E-state index in [0.29, 0.717) is 0 Å². The molecule has 0 fully saturated rings. The summed E-state index contributed by atoms with van der Waals surface area (Å²) in [5, 5.41) is 0.773. The van der Waals surface area contributed by atoms with Crippen LogP contribution in [0.2, 0.25) is 5.02 Å². The number of halogens is 1. The van der Waals surface area contributed by atoms with E-state index < -0.39 is 0 Å². The van der Waals surface area contributed by atoms with Gasteiger partial charge >= 0.3 is 0 Å². The topological polar surface area (TPSA) is 17.8 Å². The van der Waals surface area contributed by atoms with Crippen molar-refractivity contribution < 1.29 is 0 Å². The van der Waals surface area contributed by atoms with Crippen LogP contribution in [0.15, 0.2) is 53.4 Å². The van der Waals surface area contributed by atoms with Gasteiger partial charge in [-0.05, 0) is 43.3 Å². The number of imidazole rings is 1. The third-order valence-electron chi connectivity index (χ3n) is 3.23. The van der Waals surface area contributed by atoms with E-state index in [9.17, 15) is 0 Å². The van der Waals surface area contributed by atoms with Crippen molar-refractivity contribution in [2.24, 2.45) is 0 Å². The van der Waals surface area contributed by atoms with Gasteiger partial charge in [-0.1, -0.05) is 23.7 Å². The first-order valence-corrected chi connectivity index (χ1v) is 7.97. The minimum absolute atomic E-state index is 0.773. The standard InChI is InChI=1S/C16H15ClN2S/c1-2-19-15-6-4-3-5-14(15)18-16(19)11-20-13-9-7-12(17)8-10-13/h3-10H,2,11H2,1H3. The Morgan fingerprint density at radius 3 is 2.60 bits per heavy atom. The molecule has 102 valence electrons. The van der Waals surface area contributed by atoms with Crippen LogP contribution in [-0.4, -0.2) is 9.55 Å². The summed E-state index contributed by atoms with van der Waals surface area (Å²) in [6.07, 6.45) is 0. The van der Waals surface area contributed by atoms with Gasteiger partial charge in [-0.2, -0.15) is 0 Å². The summed E-state index contributed by atoms with van der Waals surface area (Å²) in [6.45, 7) is 3.10. The number of hydrogen-bond acceptors (Lipinski definition) is 2. The molecular weight excluding hydrogens is 288 g/mol. The molecule has 0 saturated carbocycles. The predicted octanol–water partition coefficient (Wildman–Crippen LogP) is 5.00. The number of hydrogen-bond donors (Lipinski definition) is 0. The van der Waals surface area contributed by atoms with Crippen LogP contribution >= 0.6 is 23.4 Å². The molecule has 0 amide bonds. The lowest BCUT2D eigenvalue weighted by molar-refractivity contribution is 0.748. The van der Waals surface area contributed by atoms with Crippen LogP contribution in [0.25, 0.3) is 11.0 Å². The quantitative estimate of drug-likeness (QED) is 0.631. The Kier molecular flexibility index (Phi) is 3.99. The number of thioether (sulfide) groups is 1. The zero-order valence-electron chi connectivity index (χ0n) is 11.2. The van der Waals surface area contributed by atoms with Crippen molar-refractivity contribution in [3.05, 3.63) is 59.4 Å². The lowest BCUT2D eigenvalue weighted by Crippen LogP contribution is -2.00. The molecule has 0 radical (unpaired) electrons. The van der Waals surface area contributed by atoms with Gasteiger partial charge in [0.25, 0.3) is 0 Å². The molecule has 2 aromatic carbocycles. The smallest absolute Gasteiger partial charge is 0.120 e. The molecule has 0 aliphatic heterocycles. The van der Waals surface area contributed by atoms with E-state index >= 15 is 0 Å². The Morgan fingerprint density at radius 1 is 1.10 bits per heavy atom. The molecule has 3 aromatic rings. The first-order valence-electron chi connectivity index (χ1n) is 6.60. The second-order valence-corrected chi connectivity index (χ2v) is 5.99. The van der Waals surface area contributed by atoms with Gasteiger partial charge in [0.05, 0.1) is 16.8 Å². The Hall–Kier alpha value is -1.45. The summed E-state index contributed by atoms with van der Waals surface area (Å²) in [6, 6.07) is 16.2. The van der Waals surface area contributed by atoms with Crippen molar-refractivity contribution in [2.45, 2.75) is 24.1 Å². The van der Waals surface area contributed by atoms with Crippen LogP contribution in [0.5, 0.6) is 0 Å². The summed E-state index contributed by atoms with van der Waals surface area (Å²) >= 11 is 7.69. The maximum absolute atomic E-state index is 5.90. The number of benzene rings is 2. The van der Waals surface area contributed by atoms with Crippen molar-refractivity contribution in [2.75, 3.05) is 0 Å². The summed E-state index contributed by atoms with van der Waals surface area (Å²) in [5.74, 6) is 1.98. The summed E-state index contributed by atoms with van der Waals surface area (Å²) in [4.78, 5) is 5.94. The average Bonchev–Trinajstić information content (AvgIpc) is 2.84. The maximum Gasteiger partial charge on any atom is 0.120 e. The second-order valence-electron chi connectivity index (χ2n) is 4.50. The number of nitrogens with zero attached hydrogens (tertiary/aromatic N) is 2. The highest BCUT2D eigenvalue weighted by Crippen LogP contribution is 2.26. The van der Waals surface area contributed by atoms with E-state index in [0.717, 1.165) is 28.7 Å². The van der Waals surface area contributed by atoms with Gasteiger partial charge in [-0.15, -0.1) is 11.8 Å². The molecule has 4 heteroatoms. The van der Waals surface area contributed by atoms with Crippen LogP contribution in [0.1, 0.15) is 12.7 Å². The lowest BCUT2D eigenvalue weighted by atomic mass is 10.3. The molecule has 0 atom stereocenters. The lowest BCUT2D eigenvalue weighted by Gasteiger charge is -2.06. The number of aryl methyl sites for hydroxylation is 1. The largest absolute Gasteiger partial charge is 0.328 e. The van der Waals surface area contributed by atoms with Gasteiger partial charge in [0.2, 0.25) is 0 Å². The number of fused-ring (bicyclic) bond motifs is 1. The molecular formula is C16H15ClN2S. The van der Waals surface area contributed by atoms with Crippen molar-refractivity contribution in [1.29, 1.82) is 0 Å². The average molecular weight is 303 g/mol. The first kappa shape index (κ1) is 13.5. The Bertz CT molecular complexity index is 719. The van der Waals surface area contributed by atoms with Crippen molar-refractivity contribution in [3.63, 3.8) is 0 Å². The Morgan fingerprint density at radius 2 is 1.85 bits per heavy atom. The van der Waals surface area contributed by atoms with E-state index in [1.807, 2.05) is 30.3 Å². The van der Waals surface area contributed by atoms with Gasteiger partial charge < -0.3 is 4.57 Å². The molecule has 0 bridgehead atoms. The molecule has 1 aromatic heterocycles. The molecule has 0 unspecified atom stereocenters. The van der Waals surface area contributed by atoms with E-state index in [2.05, 4.69) is 29.7 Å². The summed E-state index contributed by atoms with van der Waals surface area (Å²) in [7, 11) is 0. The molecule has 2 nitrogen and oxygen atoms in total. The minimum Gasteiger partial charge on any atom is -0.328 e. The fourth-order valence-electron chi connectivity index (χ4n) is 2.27. The van der Waals surface area contributed by atoms with Gasteiger partial charge in [0.1, 0.15) is 5.82 Å².